The van der Waals surface area contributed by atoms with E-state index >= 15 is 0 Å². The zero-order chi connectivity index (χ0) is 13.0. The molecule has 0 unspecified atom stereocenters. The van der Waals surface area contributed by atoms with Gasteiger partial charge in [0.1, 0.15) is 0 Å². The first-order valence-corrected chi connectivity index (χ1v) is 6.36. The zero-order valence-electron chi connectivity index (χ0n) is 10.6. The van der Waals surface area contributed by atoms with Crippen LogP contribution >= 0.6 is 0 Å². The fraction of sp³-hybridized carbons (Fsp3) is 0.538. The van der Waals surface area contributed by atoms with Crippen molar-refractivity contribution in [2.75, 3.05) is 24.5 Å². The maximum absolute atomic E-state index is 11.5. The van der Waals surface area contributed by atoms with Crippen LogP contribution in [-0.2, 0) is 4.79 Å². The van der Waals surface area contributed by atoms with Crippen LogP contribution in [0.15, 0.2) is 18.3 Å². The van der Waals surface area contributed by atoms with Crippen LogP contribution in [0.4, 0.5) is 5.69 Å². The lowest BCUT2D eigenvalue weighted by Gasteiger charge is -2.21. The molecule has 1 aliphatic heterocycles. The van der Waals surface area contributed by atoms with Gasteiger partial charge in [0.2, 0.25) is 5.91 Å². The molecule has 1 atom stereocenters. The lowest BCUT2D eigenvalue weighted by atomic mass is 10.2. The summed E-state index contributed by atoms with van der Waals surface area (Å²) in [5.74, 6) is 0.0465. The highest BCUT2D eigenvalue weighted by Gasteiger charge is 2.15. The van der Waals surface area contributed by atoms with Gasteiger partial charge in [0.05, 0.1) is 30.2 Å². The Balaban J connectivity index is 2.10. The molecule has 0 bridgehead atoms. The van der Waals surface area contributed by atoms with Gasteiger partial charge >= 0.3 is 0 Å². The summed E-state index contributed by atoms with van der Waals surface area (Å²) in [5.41, 5.74) is 1.61. The Morgan fingerprint density at radius 3 is 3.06 bits per heavy atom. The minimum absolute atomic E-state index is 0.0465. The normalized spacial score (nSPS) is 18.1. The Kier molecular flexibility index (Phi) is 4.15. The molecule has 5 heteroatoms. The molecule has 0 saturated carbocycles. The molecule has 1 aromatic heterocycles. The molecular formula is C13H19N3O2. The van der Waals surface area contributed by atoms with Crippen molar-refractivity contribution in [3.63, 3.8) is 0 Å². The molecule has 5 nitrogen and oxygen atoms in total. The maximum atomic E-state index is 11.5. The standard InChI is InChI=1S/C13H19N3O2/c1-2-12(17)11-5-4-10(8-15-11)16-7-3-6-14-13(18)9-16/h4-5,8,12,17H,2-3,6-7,9H2,1H3,(H,14,18)/t12-/m1/s1. The average Bonchev–Trinajstić information content (AvgIpc) is 2.63. The number of hydrogen-bond donors (Lipinski definition) is 2. The molecule has 1 fully saturated rings. The maximum Gasteiger partial charge on any atom is 0.239 e. The third-order valence-electron chi connectivity index (χ3n) is 3.13. The van der Waals surface area contributed by atoms with Crippen molar-refractivity contribution < 1.29 is 9.90 Å². The number of rotatable bonds is 3. The summed E-state index contributed by atoms with van der Waals surface area (Å²) >= 11 is 0. The molecular weight excluding hydrogens is 230 g/mol. The van der Waals surface area contributed by atoms with E-state index in [-0.39, 0.29) is 5.91 Å². The van der Waals surface area contributed by atoms with Gasteiger partial charge in [-0.3, -0.25) is 9.78 Å². The number of nitrogens with zero attached hydrogens (tertiary/aromatic N) is 2. The van der Waals surface area contributed by atoms with Crippen LogP contribution in [-0.4, -0.2) is 35.6 Å². The van der Waals surface area contributed by atoms with Crippen molar-refractivity contribution in [3.8, 4) is 0 Å². The summed E-state index contributed by atoms with van der Waals surface area (Å²) in [6, 6.07) is 3.74. The van der Waals surface area contributed by atoms with E-state index in [1.807, 2.05) is 24.0 Å². The SMILES string of the molecule is CC[C@@H](O)c1ccc(N2CCCNC(=O)C2)cn1. The number of pyridine rings is 1. The Bertz CT molecular complexity index is 405. The van der Waals surface area contributed by atoms with E-state index in [1.165, 1.54) is 0 Å². The highest BCUT2D eigenvalue weighted by atomic mass is 16.3. The van der Waals surface area contributed by atoms with Gasteiger partial charge in [-0.1, -0.05) is 6.92 Å². The van der Waals surface area contributed by atoms with E-state index in [0.29, 0.717) is 18.7 Å². The summed E-state index contributed by atoms with van der Waals surface area (Å²) in [5, 5.41) is 12.5. The monoisotopic (exact) mass is 249 g/mol. The summed E-state index contributed by atoms with van der Waals surface area (Å²) < 4.78 is 0. The first-order valence-electron chi connectivity index (χ1n) is 6.36. The fourth-order valence-electron chi connectivity index (χ4n) is 2.02. The molecule has 18 heavy (non-hydrogen) atoms. The highest BCUT2D eigenvalue weighted by molar-refractivity contribution is 5.81. The predicted molar refractivity (Wildman–Crippen MR) is 69.3 cm³/mol. The van der Waals surface area contributed by atoms with Crippen molar-refractivity contribution in [2.45, 2.75) is 25.9 Å². The molecule has 2 rings (SSSR count). The van der Waals surface area contributed by atoms with Gasteiger partial charge in [0.15, 0.2) is 0 Å². The number of aliphatic hydroxyl groups is 1. The van der Waals surface area contributed by atoms with Crippen LogP contribution in [0.1, 0.15) is 31.6 Å². The molecule has 1 aliphatic rings. The molecule has 1 amide bonds. The highest BCUT2D eigenvalue weighted by Crippen LogP contribution is 2.18. The third-order valence-corrected chi connectivity index (χ3v) is 3.13. The molecule has 1 saturated heterocycles. The predicted octanol–water partition coefficient (Wildman–Crippen LogP) is 0.851. The lowest BCUT2D eigenvalue weighted by Crippen LogP contribution is -2.33. The van der Waals surface area contributed by atoms with Crippen molar-refractivity contribution in [3.05, 3.63) is 24.0 Å². The number of amides is 1. The quantitative estimate of drug-likeness (QED) is 0.833. The summed E-state index contributed by atoms with van der Waals surface area (Å²) in [7, 11) is 0. The second kappa shape index (κ2) is 5.82. The second-order valence-electron chi connectivity index (χ2n) is 4.49. The first-order chi connectivity index (χ1) is 8.70. The van der Waals surface area contributed by atoms with Crippen LogP contribution in [0.5, 0.6) is 0 Å². The number of carbonyl (C=O) groups excluding carboxylic acids is 1. The molecule has 2 N–H and O–H groups in total. The van der Waals surface area contributed by atoms with E-state index in [1.54, 1.807) is 6.20 Å². The van der Waals surface area contributed by atoms with Crippen LogP contribution in [0, 0.1) is 0 Å². The third kappa shape index (κ3) is 2.98. The molecule has 98 valence electrons. The second-order valence-corrected chi connectivity index (χ2v) is 4.49. The van der Waals surface area contributed by atoms with Gasteiger partial charge in [0.25, 0.3) is 0 Å². The van der Waals surface area contributed by atoms with E-state index in [4.69, 9.17) is 0 Å². The van der Waals surface area contributed by atoms with Crippen molar-refractivity contribution in [2.24, 2.45) is 0 Å². The van der Waals surface area contributed by atoms with Gasteiger partial charge in [-0.25, -0.2) is 0 Å². The minimum Gasteiger partial charge on any atom is -0.387 e. The largest absolute Gasteiger partial charge is 0.387 e. The van der Waals surface area contributed by atoms with Crippen molar-refractivity contribution in [1.29, 1.82) is 0 Å². The van der Waals surface area contributed by atoms with Gasteiger partial charge < -0.3 is 15.3 Å². The van der Waals surface area contributed by atoms with E-state index in [2.05, 4.69) is 10.3 Å². The number of nitrogens with one attached hydrogen (secondary N) is 1. The van der Waals surface area contributed by atoms with Gasteiger partial charge in [-0.2, -0.15) is 0 Å². The van der Waals surface area contributed by atoms with Crippen molar-refractivity contribution >= 4 is 11.6 Å². The molecule has 1 aromatic rings. The molecule has 2 heterocycles. The number of anilines is 1. The van der Waals surface area contributed by atoms with Crippen molar-refractivity contribution in [1.82, 2.24) is 10.3 Å². The molecule has 0 spiro atoms. The van der Waals surface area contributed by atoms with Crippen LogP contribution in [0.3, 0.4) is 0 Å². The lowest BCUT2D eigenvalue weighted by molar-refractivity contribution is -0.119. The Morgan fingerprint density at radius 1 is 1.56 bits per heavy atom. The Labute approximate surface area is 107 Å². The minimum atomic E-state index is -0.508. The van der Waals surface area contributed by atoms with E-state index in [0.717, 1.165) is 25.2 Å². The van der Waals surface area contributed by atoms with Gasteiger partial charge in [-0.15, -0.1) is 0 Å². The van der Waals surface area contributed by atoms with Crippen LogP contribution in [0.25, 0.3) is 0 Å². The van der Waals surface area contributed by atoms with Gasteiger partial charge in [0, 0.05) is 13.1 Å². The molecule has 0 aliphatic carbocycles. The number of aromatic nitrogens is 1. The number of carbonyl (C=O) groups is 1. The number of aliphatic hydroxyl groups excluding tert-OH is 1. The zero-order valence-corrected chi connectivity index (χ0v) is 10.6. The summed E-state index contributed by atoms with van der Waals surface area (Å²) in [6.07, 6.45) is 2.81. The molecule has 0 aromatic carbocycles. The Hall–Kier alpha value is -1.62. The van der Waals surface area contributed by atoms with Crippen LogP contribution in [0.2, 0.25) is 0 Å². The smallest absolute Gasteiger partial charge is 0.239 e. The molecule has 0 radical (unpaired) electrons. The first kappa shape index (κ1) is 12.8. The average molecular weight is 249 g/mol. The topological polar surface area (TPSA) is 65.5 Å². The summed E-state index contributed by atoms with van der Waals surface area (Å²) in [6.45, 7) is 3.86. The van der Waals surface area contributed by atoms with E-state index < -0.39 is 6.10 Å². The fourth-order valence-corrected chi connectivity index (χ4v) is 2.02. The van der Waals surface area contributed by atoms with Gasteiger partial charge in [-0.05, 0) is 25.0 Å². The number of hydrogen-bond acceptors (Lipinski definition) is 4. The summed E-state index contributed by atoms with van der Waals surface area (Å²) in [4.78, 5) is 17.7. The van der Waals surface area contributed by atoms with Crippen LogP contribution < -0.4 is 10.2 Å². The Morgan fingerprint density at radius 2 is 2.39 bits per heavy atom. The van der Waals surface area contributed by atoms with E-state index in [9.17, 15) is 9.90 Å².